The minimum Gasteiger partial charge on any atom is -0.313 e. The molecule has 0 amide bonds. The number of nitrogens with one attached hydrogen (secondary N) is 1. The van der Waals surface area contributed by atoms with Gasteiger partial charge in [-0.25, -0.2) is 0 Å². The monoisotopic (exact) mass is 218 g/mol. The lowest BCUT2D eigenvalue weighted by molar-refractivity contribution is 0.450. The van der Waals surface area contributed by atoms with E-state index in [0.717, 1.165) is 18.9 Å². The Bertz CT molecular complexity index is 293. The second-order valence-electron chi connectivity index (χ2n) is 4.78. The number of hydrogen-bond acceptors (Lipinski definition) is 2. The van der Waals surface area contributed by atoms with Gasteiger partial charge in [-0.05, 0) is 43.9 Å². The van der Waals surface area contributed by atoms with Crippen molar-refractivity contribution in [3.05, 3.63) is 30.1 Å². The summed E-state index contributed by atoms with van der Waals surface area (Å²) in [6.45, 7) is 3.40. The van der Waals surface area contributed by atoms with Crippen LogP contribution < -0.4 is 5.32 Å². The molecule has 1 aromatic rings. The molecule has 1 unspecified atom stereocenters. The molecule has 0 aromatic carbocycles. The smallest absolute Gasteiger partial charge is 0.0419 e. The highest BCUT2D eigenvalue weighted by Gasteiger charge is 2.30. The van der Waals surface area contributed by atoms with Gasteiger partial charge in [0.2, 0.25) is 0 Å². The lowest BCUT2D eigenvalue weighted by atomic mass is 10.1. The van der Waals surface area contributed by atoms with Gasteiger partial charge in [-0.2, -0.15) is 0 Å². The molecular weight excluding hydrogens is 196 g/mol. The standard InChI is InChI=1S/C14H22N2/c1-2-3-9-16-14(12-7-8-12)11-13-6-4-5-10-15-13/h4-6,10,12,14,16H,2-3,7-9,11H2,1H3. The molecule has 2 heteroatoms. The van der Waals surface area contributed by atoms with E-state index in [1.54, 1.807) is 0 Å². The van der Waals surface area contributed by atoms with Gasteiger partial charge < -0.3 is 5.32 Å². The van der Waals surface area contributed by atoms with Crippen molar-refractivity contribution < 1.29 is 0 Å². The molecule has 1 heterocycles. The number of rotatable bonds is 7. The molecule has 0 radical (unpaired) electrons. The predicted molar refractivity (Wildman–Crippen MR) is 67.4 cm³/mol. The molecule has 2 rings (SSSR count). The van der Waals surface area contributed by atoms with Crippen LogP contribution in [-0.4, -0.2) is 17.6 Å². The molecule has 1 aromatic heterocycles. The van der Waals surface area contributed by atoms with E-state index in [1.807, 2.05) is 12.3 Å². The van der Waals surface area contributed by atoms with Crippen LogP contribution in [0.25, 0.3) is 0 Å². The topological polar surface area (TPSA) is 24.9 Å². The summed E-state index contributed by atoms with van der Waals surface area (Å²) in [7, 11) is 0. The van der Waals surface area contributed by atoms with E-state index >= 15 is 0 Å². The second kappa shape index (κ2) is 6.00. The summed E-state index contributed by atoms with van der Waals surface area (Å²) in [4.78, 5) is 4.42. The molecule has 0 spiro atoms. The highest BCUT2D eigenvalue weighted by molar-refractivity contribution is 5.07. The number of hydrogen-bond donors (Lipinski definition) is 1. The van der Waals surface area contributed by atoms with E-state index < -0.39 is 0 Å². The number of aromatic nitrogens is 1. The van der Waals surface area contributed by atoms with Crippen LogP contribution in [0.4, 0.5) is 0 Å². The number of pyridine rings is 1. The van der Waals surface area contributed by atoms with E-state index in [4.69, 9.17) is 0 Å². The van der Waals surface area contributed by atoms with E-state index in [-0.39, 0.29) is 0 Å². The van der Waals surface area contributed by atoms with Crippen molar-refractivity contribution in [2.24, 2.45) is 5.92 Å². The van der Waals surface area contributed by atoms with Gasteiger partial charge in [0.1, 0.15) is 0 Å². The molecule has 0 saturated heterocycles. The van der Waals surface area contributed by atoms with Crippen LogP contribution in [0.1, 0.15) is 38.3 Å². The lowest BCUT2D eigenvalue weighted by Gasteiger charge is -2.17. The first-order chi connectivity index (χ1) is 7.90. The Labute approximate surface area is 98.5 Å². The SMILES string of the molecule is CCCCNC(Cc1ccccn1)C1CC1. The van der Waals surface area contributed by atoms with Gasteiger partial charge in [0.05, 0.1) is 0 Å². The minimum absolute atomic E-state index is 0.654. The van der Waals surface area contributed by atoms with Crippen LogP contribution in [0.3, 0.4) is 0 Å². The average Bonchev–Trinajstić information content (AvgIpc) is 3.13. The third-order valence-corrected chi connectivity index (χ3v) is 3.28. The molecule has 0 bridgehead atoms. The third kappa shape index (κ3) is 3.60. The van der Waals surface area contributed by atoms with Gasteiger partial charge in [-0.3, -0.25) is 4.98 Å². The first kappa shape index (κ1) is 11.6. The van der Waals surface area contributed by atoms with Gasteiger partial charge in [0.15, 0.2) is 0 Å². The maximum atomic E-state index is 4.42. The Morgan fingerprint density at radius 1 is 1.44 bits per heavy atom. The molecule has 1 atom stereocenters. The van der Waals surface area contributed by atoms with Gasteiger partial charge in [-0.1, -0.05) is 19.4 Å². The van der Waals surface area contributed by atoms with Crippen LogP contribution in [-0.2, 0) is 6.42 Å². The Kier molecular flexibility index (Phi) is 4.34. The summed E-state index contributed by atoms with van der Waals surface area (Å²) < 4.78 is 0. The fourth-order valence-corrected chi connectivity index (χ4v) is 2.11. The van der Waals surface area contributed by atoms with E-state index in [0.29, 0.717) is 6.04 Å². The van der Waals surface area contributed by atoms with Crippen LogP contribution in [0.2, 0.25) is 0 Å². The largest absolute Gasteiger partial charge is 0.313 e. The van der Waals surface area contributed by atoms with E-state index in [1.165, 1.54) is 31.4 Å². The highest BCUT2D eigenvalue weighted by Crippen LogP contribution is 2.33. The summed E-state index contributed by atoms with van der Waals surface area (Å²) in [6.07, 6.45) is 8.34. The lowest BCUT2D eigenvalue weighted by Crippen LogP contribution is -2.34. The average molecular weight is 218 g/mol. The van der Waals surface area contributed by atoms with Crippen molar-refractivity contribution in [2.75, 3.05) is 6.54 Å². The molecule has 88 valence electrons. The quantitative estimate of drug-likeness (QED) is 0.712. The first-order valence-electron chi connectivity index (χ1n) is 6.53. The molecule has 2 nitrogen and oxygen atoms in total. The maximum Gasteiger partial charge on any atom is 0.0419 e. The normalized spacial score (nSPS) is 17.3. The van der Waals surface area contributed by atoms with Gasteiger partial charge >= 0.3 is 0 Å². The highest BCUT2D eigenvalue weighted by atomic mass is 14.9. The fraction of sp³-hybridized carbons (Fsp3) is 0.643. The molecule has 1 N–H and O–H groups in total. The maximum absolute atomic E-state index is 4.42. The zero-order valence-corrected chi connectivity index (χ0v) is 10.2. The first-order valence-corrected chi connectivity index (χ1v) is 6.53. The molecular formula is C14H22N2. The Balaban J connectivity index is 1.83. The molecule has 1 aliphatic rings. The van der Waals surface area contributed by atoms with Gasteiger partial charge in [0, 0.05) is 24.4 Å². The molecule has 1 saturated carbocycles. The number of unbranched alkanes of at least 4 members (excludes halogenated alkanes) is 1. The Morgan fingerprint density at radius 3 is 2.94 bits per heavy atom. The summed E-state index contributed by atoms with van der Waals surface area (Å²) in [5.74, 6) is 0.902. The van der Waals surface area contributed by atoms with Crippen molar-refractivity contribution in [3.63, 3.8) is 0 Å². The molecule has 16 heavy (non-hydrogen) atoms. The van der Waals surface area contributed by atoms with Gasteiger partial charge in [-0.15, -0.1) is 0 Å². The fourth-order valence-electron chi connectivity index (χ4n) is 2.11. The number of nitrogens with zero attached hydrogens (tertiary/aromatic N) is 1. The zero-order chi connectivity index (χ0) is 11.2. The van der Waals surface area contributed by atoms with Crippen molar-refractivity contribution >= 4 is 0 Å². The molecule has 1 fully saturated rings. The van der Waals surface area contributed by atoms with Crippen LogP contribution >= 0.6 is 0 Å². The van der Waals surface area contributed by atoms with Crippen LogP contribution in [0.15, 0.2) is 24.4 Å². The molecule has 0 aliphatic heterocycles. The second-order valence-corrected chi connectivity index (χ2v) is 4.78. The van der Waals surface area contributed by atoms with Crippen LogP contribution in [0.5, 0.6) is 0 Å². The van der Waals surface area contributed by atoms with Crippen molar-refractivity contribution in [2.45, 2.75) is 45.1 Å². The van der Waals surface area contributed by atoms with Crippen LogP contribution in [0, 0.1) is 5.92 Å². The van der Waals surface area contributed by atoms with Gasteiger partial charge in [0.25, 0.3) is 0 Å². The summed E-state index contributed by atoms with van der Waals surface area (Å²) in [5.41, 5.74) is 1.23. The zero-order valence-electron chi connectivity index (χ0n) is 10.2. The molecule has 1 aliphatic carbocycles. The van der Waals surface area contributed by atoms with Crippen molar-refractivity contribution in [1.29, 1.82) is 0 Å². The summed E-state index contributed by atoms with van der Waals surface area (Å²) in [6, 6.07) is 6.86. The Morgan fingerprint density at radius 2 is 2.31 bits per heavy atom. The van der Waals surface area contributed by atoms with E-state index in [2.05, 4.69) is 29.4 Å². The van der Waals surface area contributed by atoms with Crippen molar-refractivity contribution in [3.8, 4) is 0 Å². The van der Waals surface area contributed by atoms with E-state index in [9.17, 15) is 0 Å². The predicted octanol–water partition coefficient (Wildman–Crippen LogP) is 2.79. The summed E-state index contributed by atoms with van der Waals surface area (Å²) in [5, 5.41) is 3.69. The summed E-state index contributed by atoms with van der Waals surface area (Å²) >= 11 is 0. The minimum atomic E-state index is 0.654. The van der Waals surface area contributed by atoms with Crippen molar-refractivity contribution in [1.82, 2.24) is 10.3 Å². The Hall–Kier alpha value is -0.890. The third-order valence-electron chi connectivity index (χ3n) is 3.28.